The number of nitrogens with one attached hydrogen (secondary N) is 1. The van der Waals surface area contributed by atoms with Gasteiger partial charge in [-0.05, 0) is 37.5 Å². The highest BCUT2D eigenvalue weighted by atomic mass is 19.1. The van der Waals surface area contributed by atoms with Crippen molar-refractivity contribution < 1.29 is 4.39 Å². The Morgan fingerprint density at radius 1 is 1.22 bits per heavy atom. The fourth-order valence-corrected chi connectivity index (χ4v) is 2.26. The van der Waals surface area contributed by atoms with E-state index in [1.807, 2.05) is 0 Å². The Morgan fingerprint density at radius 2 is 2.17 bits per heavy atom. The first-order chi connectivity index (χ1) is 8.83. The van der Waals surface area contributed by atoms with Crippen LogP contribution in [0.4, 0.5) is 10.2 Å². The Kier molecular flexibility index (Phi) is 2.92. The van der Waals surface area contributed by atoms with Gasteiger partial charge in [0.1, 0.15) is 18.0 Å². The third-order valence-corrected chi connectivity index (χ3v) is 3.21. The number of rotatable bonds is 2. The molecule has 1 aromatic heterocycles. The average molecular weight is 243 g/mol. The number of hydrogen-bond donors (Lipinski definition) is 1. The van der Waals surface area contributed by atoms with Crippen LogP contribution in [0.2, 0.25) is 0 Å². The first-order valence-corrected chi connectivity index (χ1v) is 6.15. The smallest absolute Gasteiger partial charge is 0.137 e. The maximum Gasteiger partial charge on any atom is 0.137 e. The van der Waals surface area contributed by atoms with Crippen LogP contribution in [-0.2, 0) is 0 Å². The fraction of sp³-hybridized carbons (Fsp3) is 0.286. The first kappa shape index (κ1) is 11.1. The van der Waals surface area contributed by atoms with Gasteiger partial charge in [-0.25, -0.2) is 14.4 Å². The van der Waals surface area contributed by atoms with Gasteiger partial charge in [0.25, 0.3) is 0 Å². The van der Waals surface area contributed by atoms with Crippen LogP contribution < -0.4 is 5.32 Å². The average Bonchev–Trinajstić information content (AvgIpc) is 2.41. The molecule has 2 aromatic rings. The van der Waals surface area contributed by atoms with Crippen molar-refractivity contribution >= 4 is 16.7 Å². The third kappa shape index (κ3) is 2.18. The molecule has 0 saturated heterocycles. The van der Waals surface area contributed by atoms with E-state index in [0.717, 1.165) is 36.0 Å². The maximum atomic E-state index is 13.3. The van der Waals surface area contributed by atoms with Crippen molar-refractivity contribution in [2.24, 2.45) is 0 Å². The zero-order valence-electron chi connectivity index (χ0n) is 9.94. The molecule has 92 valence electrons. The van der Waals surface area contributed by atoms with Crippen molar-refractivity contribution in [2.45, 2.75) is 25.3 Å². The van der Waals surface area contributed by atoms with Crippen molar-refractivity contribution in [3.05, 3.63) is 42.5 Å². The van der Waals surface area contributed by atoms with Crippen LogP contribution in [-0.4, -0.2) is 16.0 Å². The number of hydrogen-bond acceptors (Lipinski definition) is 3. The van der Waals surface area contributed by atoms with Crippen molar-refractivity contribution in [1.82, 2.24) is 9.97 Å². The van der Waals surface area contributed by atoms with Crippen molar-refractivity contribution in [1.29, 1.82) is 0 Å². The second kappa shape index (κ2) is 4.72. The minimum atomic E-state index is -0.260. The zero-order chi connectivity index (χ0) is 12.4. The molecule has 0 saturated carbocycles. The van der Waals surface area contributed by atoms with Crippen LogP contribution in [0.3, 0.4) is 0 Å². The molecular formula is C14H14FN3. The lowest BCUT2D eigenvalue weighted by molar-refractivity contribution is 0.629. The molecule has 1 aliphatic carbocycles. The van der Waals surface area contributed by atoms with E-state index in [-0.39, 0.29) is 5.82 Å². The van der Waals surface area contributed by atoms with Gasteiger partial charge in [-0.2, -0.15) is 0 Å². The van der Waals surface area contributed by atoms with Gasteiger partial charge in [0.05, 0.1) is 5.52 Å². The van der Waals surface area contributed by atoms with Gasteiger partial charge in [0.2, 0.25) is 0 Å². The highest BCUT2D eigenvalue weighted by Crippen LogP contribution is 2.23. The van der Waals surface area contributed by atoms with E-state index in [1.54, 1.807) is 6.07 Å². The number of halogens is 1. The minimum absolute atomic E-state index is 0.260. The third-order valence-electron chi connectivity index (χ3n) is 3.21. The van der Waals surface area contributed by atoms with E-state index in [2.05, 4.69) is 27.4 Å². The van der Waals surface area contributed by atoms with Gasteiger partial charge >= 0.3 is 0 Å². The summed E-state index contributed by atoms with van der Waals surface area (Å²) in [6.45, 7) is 0. The molecule has 1 aliphatic rings. The van der Waals surface area contributed by atoms with Gasteiger partial charge in [-0.1, -0.05) is 12.2 Å². The van der Waals surface area contributed by atoms with Crippen LogP contribution in [0.15, 0.2) is 36.7 Å². The van der Waals surface area contributed by atoms with E-state index >= 15 is 0 Å². The van der Waals surface area contributed by atoms with Gasteiger partial charge < -0.3 is 5.32 Å². The van der Waals surface area contributed by atoms with Gasteiger partial charge in [-0.3, -0.25) is 0 Å². The molecular weight excluding hydrogens is 229 g/mol. The molecule has 4 heteroatoms. The first-order valence-electron chi connectivity index (χ1n) is 6.15. The van der Waals surface area contributed by atoms with Crippen molar-refractivity contribution in [2.75, 3.05) is 5.32 Å². The predicted octanol–water partition coefficient (Wildman–Crippen LogP) is 3.29. The highest BCUT2D eigenvalue weighted by molar-refractivity contribution is 5.88. The Labute approximate surface area is 105 Å². The maximum absolute atomic E-state index is 13.3. The summed E-state index contributed by atoms with van der Waals surface area (Å²) in [5.74, 6) is 0.462. The number of benzene rings is 1. The topological polar surface area (TPSA) is 37.8 Å². The molecule has 1 aromatic carbocycles. The Balaban J connectivity index is 1.95. The Morgan fingerprint density at radius 3 is 3.00 bits per heavy atom. The molecule has 0 spiro atoms. The monoisotopic (exact) mass is 243 g/mol. The lowest BCUT2D eigenvalue weighted by atomic mass is 10.0. The van der Waals surface area contributed by atoms with E-state index < -0.39 is 0 Å². The number of fused-ring (bicyclic) bond motifs is 1. The molecule has 1 N–H and O–H groups in total. The molecule has 18 heavy (non-hydrogen) atoms. The summed E-state index contributed by atoms with van der Waals surface area (Å²) >= 11 is 0. The van der Waals surface area contributed by atoms with Crippen LogP contribution in [0, 0.1) is 5.82 Å². The largest absolute Gasteiger partial charge is 0.366 e. The fourth-order valence-electron chi connectivity index (χ4n) is 2.26. The molecule has 3 rings (SSSR count). The van der Waals surface area contributed by atoms with E-state index in [0.29, 0.717) is 6.04 Å². The molecule has 0 radical (unpaired) electrons. The summed E-state index contributed by atoms with van der Waals surface area (Å²) in [6, 6.07) is 4.95. The summed E-state index contributed by atoms with van der Waals surface area (Å²) in [5.41, 5.74) is 0.764. The second-order valence-electron chi connectivity index (χ2n) is 4.51. The van der Waals surface area contributed by atoms with Crippen molar-refractivity contribution in [3.8, 4) is 0 Å². The molecule has 0 bridgehead atoms. The molecule has 3 nitrogen and oxygen atoms in total. The standard InChI is InChI=1S/C14H14FN3/c15-10-6-7-13-12(8-10)14(17-9-16-13)18-11-4-2-1-3-5-11/h1-2,6-9,11H,3-5H2,(H,16,17,18). The predicted molar refractivity (Wildman–Crippen MR) is 69.9 cm³/mol. The number of aromatic nitrogens is 2. The highest BCUT2D eigenvalue weighted by Gasteiger charge is 2.12. The summed E-state index contributed by atoms with van der Waals surface area (Å²) < 4.78 is 13.3. The van der Waals surface area contributed by atoms with Gasteiger partial charge in [0.15, 0.2) is 0 Å². The molecule has 0 aliphatic heterocycles. The quantitative estimate of drug-likeness (QED) is 0.822. The number of nitrogens with zero attached hydrogens (tertiary/aromatic N) is 2. The SMILES string of the molecule is Fc1ccc2ncnc(NC3CC=CCC3)c2c1. The van der Waals surface area contributed by atoms with Crippen molar-refractivity contribution in [3.63, 3.8) is 0 Å². The van der Waals surface area contributed by atoms with Crippen LogP contribution in [0.25, 0.3) is 10.9 Å². The Hall–Kier alpha value is -1.97. The summed E-state index contributed by atoms with van der Waals surface area (Å²) in [6.07, 6.45) is 9.02. The number of allylic oxidation sites excluding steroid dienone is 1. The lowest BCUT2D eigenvalue weighted by Gasteiger charge is -2.20. The van der Waals surface area contributed by atoms with Gasteiger partial charge in [-0.15, -0.1) is 0 Å². The Bertz CT molecular complexity index is 595. The lowest BCUT2D eigenvalue weighted by Crippen LogP contribution is -2.21. The molecule has 1 atom stereocenters. The van der Waals surface area contributed by atoms with Crippen LogP contribution >= 0.6 is 0 Å². The minimum Gasteiger partial charge on any atom is -0.366 e. The molecule has 0 fully saturated rings. The summed E-state index contributed by atoms with van der Waals surface area (Å²) in [5, 5.41) is 4.12. The summed E-state index contributed by atoms with van der Waals surface area (Å²) in [4.78, 5) is 8.37. The normalized spacial score (nSPS) is 19.1. The van der Waals surface area contributed by atoms with E-state index in [1.165, 1.54) is 18.5 Å². The zero-order valence-corrected chi connectivity index (χ0v) is 9.94. The molecule has 1 heterocycles. The van der Waals surface area contributed by atoms with Crippen LogP contribution in [0.1, 0.15) is 19.3 Å². The van der Waals surface area contributed by atoms with E-state index in [4.69, 9.17) is 0 Å². The molecule has 0 amide bonds. The second-order valence-corrected chi connectivity index (χ2v) is 4.51. The number of anilines is 1. The van der Waals surface area contributed by atoms with Gasteiger partial charge in [0, 0.05) is 11.4 Å². The van der Waals surface area contributed by atoms with Crippen LogP contribution in [0.5, 0.6) is 0 Å². The molecule has 1 unspecified atom stereocenters. The summed E-state index contributed by atoms with van der Waals surface area (Å²) in [7, 11) is 0. The van der Waals surface area contributed by atoms with E-state index in [9.17, 15) is 4.39 Å².